The summed E-state index contributed by atoms with van der Waals surface area (Å²) in [4.78, 5) is 38.9. The Bertz CT molecular complexity index is 1040. The smallest absolute Gasteiger partial charge is 0.407 e. The van der Waals surface area contributed by atoms with Crippen molar-refractivity contribution in [3.8, 4) is 11.1 Å². The quantitative estimate of drug-likeness (QED) is 0.568. The van der Waals surface area contributed by atoms with E-state index in [2.05, 4.69) is 29.6 Å². The van der Waals surface area contributed by atoms with Crippen molar-refractivity contribution in [3.63, 3.8) is 0 Å². The monoisotopic (exact) mass is 478 g/mol. The Kier molecular flexibility index (Phi) is 7.73. The minimum absolute atomic E-state index is 0.0263. The summed E-state index contributed by atoms with van der Waals surface area (Å²) in [6.45, 7) is 4.56. The topological polar surface area (TPSA) is 95.9 Å². The highest BCUT2D eigenvalue weighted by Crippen LogP contribution is 2.44. The van der Waals surface area contributed by atoms with Crippen LogP contribution >= 0.6 is 0 Å². The van der Waals surface area contributed by atoms with Crippen molar-refractivity contribution in [2.24, 2.45) is 5.92 Å². The van der Waals surface area contributed by atoms with Gasteiger partial charge in [0.2, 0.25) is 5.91 Å². The van der Waals surface area contributed by atoms with Crippen LogP contribution in [0.4, 0.5) is 4.79 Å². The van der Waals surface area contributed by atoms with E-state index in [-0.39, 0.29) is 36.9 Å². The fraction of sp³-hybridized carbons (Fsp3) is 0.464. The van der Waals surface area contributed by atoms with Gasteiger partial charge in [0.25, 0.3) is 0 Å². The molecular weight excluding hydrogens is 444 g/mol. The van der Waals surface area contributed by atoms with Crippen LogP contribution in [-0.4, -0.2) is 53.2 Å². The molecule has 0 saturated carbocycles. The van der Waals surface area contributed by atoms with Crippen molar-refractivity contribution in [3.05, 3.63) is 59.7 Å². The summed E-state index contributed by atoms with van der Waals surface area (Å²) in [7, 11) is 0. The van der Waals surface area contributed by atoms with E-state index in [1.165, 1.54) is 11.1 Å². The highest BCUT2D eigenvalue weighted by Gasteiger charge is 2.36. The van der Waals surface area contributed by atoms with Crippen molar-refractivity contribution >= 4 is 18.0 Å². The Balaban J connectivity index is 1.36. The fourth-order valence-electron chi connectivity index (χ4n) is 5.53. The number of rotatable bonds is 8. The minimum Gasteiger partial charge on any atom is -0.481 e. The lowest BCUT2D eigenvalue weighted by atomic mass is 9.90. The molecule has 2 amide bonds. The zero-order valence-electron chi connectivity index (χ0n) is 20.4. The first-order chi connectivity index (χ1) is 16.9. The van der Waals surface area contributed by atoms with Gasteiger partial charge in [-0.2, -0.15) is 0 Å². The van der Waals surface area contributed by atoms with Crippen molar-refractivity contribution in [1.82, 2.24) is 10.2 Å². The molecule has 0 aromatic heterocycles. The number of benzene rings is 2. The van der Waals surface area contributed by atoms with Crippen molar-refractivity contribution in [2.45, 2.75) is 64.0 Å². The Morgan fingerprint density at radius 3 is 2.31 bits per heavy atom. The Morgan fingerprint density at radius 1 is 1.09 bits per heavy atom. The first-order valence-electron chi connectivity index (χ1n) is 12.5. The van der Waals surface area contributed by atoms with Crippen LogP contribution in [0.5, 0.6) is 0 Å². The van der Waals surface area contributed by atoms with E-state index in [1.54, 1.807) is 11.8 Å². The molecule has 1 aliphatic heterocycles. The molecule has 4 rings (SSSR count). The van der Waals surface area contributed by atoms with Gasteiger partial charge in [-0.05, 0) is 48.4 Å². The lowest BCUT2D eigenvalue weighted by Crippen LogP contribution is -2.50. The summed E-state index contributed by atoms with van der Waals surface area (Å²) in [5.41, 5.74) is 4.63. The SMILES string of the molecule is CCCC(CC(=O)N1CCC[C@@H](C(=O)O)[C@H]1C)NC(=O)OCC1c2ccccc2-c2ccccc21. The molecule has 7 nitrogen and oxygen atoms in total. The molecule has 2 aromatic carbocycles. The summed E-state index contributed by atoms with van der Waals surface area (Å²) < 4.78 is 5.66. The van der Waals surface area contributed by atoms with Gasteiger partial charge in [-0.25, -0.2) is 4.79 Å². The number of likely N-dealkylation sites (tertiary alicyclic amines) is 1. The minimum atomic E-state index is -0.864. The molecule has 0 spiro atoms. The normalized spacial score (nSPS) is 20.0. The van der Waals surface area contributed by atoms with E-state index in [0.29, 0.717) is 25.8 Å². The lowest BCUT2D eigenvalue weighted by Gasteiger charge is -2.38. The molecule has 0 bridgehead atoms. The highest BCUT2D eigenvalue weighted by atomic mass is 16.5. The molecule has 2 N–H and O–H groups in total. The van der Waals surface area contributed by atoms with Crippen LogP contribution in [0.1, 0.15) is 63.0 Å². The number of hydrogen-bond donors (Lipinski definition) is 2. The maximum absolute atomic E-state index is 13.0. The summed E-state index contributed by atoms with van der Waals surface area (Å²) in [6, 6.07) is 15.6. The van der Waals surface area contributed by atoms with Crippen LogP contribution in [0.25, 0.3) is 11.1 Å². The largest absolute Gasteiger partial charge is 0.481 e. The second-order valence-corrected chi connectivity index (χ2v) is 9.57. The predicted molar refractivity (Wildman–Crippen MR) is 133 cm³/mol. The fourth-order valence-corrected chi connectivity index (χ4v) is 5.53. The molecule has 2 aromatic rings. The van der Waals surface area contributed by atoms with Crippen LogP contribution in [0.3, 0.4) is 0 Å². The van der Waals surface area contributed by atoms with Gasteiger partial charge in [0.1, 0.15) is 6.61 Å². The molecule has 0 radical (unpaired) electrons. The van der Waals surface area contributed by atoms with Gasteiger partial charge in [-0.1, -0.05) is 61.9 Å². The summed E-state index contributed by atoms with van der Waals surface area (Å²) in [5, 5.41) is 12.3. The molecule has 1 unspecified atom stereocenters. The number of hydrogen-bond acceptors (Lipinski definition) is 4. The standard InChI is InChI=1S/C28H34N2O5/c1-3-9-19(16-26(31)30-15-8-14-20(18(30)2)27(32)33)29-28(34)35-17-25-23-12-6-4-10-21(23)22-11-5-7-13-24(22)25/h4-7,10-13,18-20,25H,3,8-9,14-17H2,1-2H3,(H,29,34)(H,32,33)/t18-,19?,20-/m1/s1. The number of carbonyl (C=O) groups is 3. The van der Waals surface area contributed by atoms with Gasteiger partial charge in [0, 0.05) is 31.0 Å². The summed E-state index contributed by atoms with van der Waals surface area (Å²) >= 11 is 0. The maximum Gasteiger partial charge on any atom is 0.407 e. The third-order valence-electron chi connectivity index (χ3n) is 7.35. The van der Waals surface area contributed by atoms with E-state index in [0.717, 1.165) is 17.5 Å². The average Bonchev–Trinajstić information content (AvgIpc) is 3.16. The van der Waals surface area contributed by atoms with Crippen LogP contribution in [0.15, 0.2) is 48.5 Å². The molecule has 1 saturated heterocycles. The van der Waals surface area contributed by atoms with Crippen molar-refractivity contribution < 1.29 is 24.2 Å². The number of carboxylic acids is 1. The lowest BCUT2D eigenvalue weighted by molar-refractivity contribution is -0.149. The summed E-state index contributed by atoms with van der Waals surface area (Å²) in [5.74, 6) is -1.56. The number of alkyl carbamates (subject to hydrolysis) is 1. The van der Waals surface area contributed by atoms with Crippen molar-refractivity contribution in [2.75, 3.05) is 13.2 Å². The molecule has 35 heavy (non-hydrogen) atoms. The van der Waals surface area contributed by atoms with Gasteiger partial charge >= 0.3 is 12.1 Å². The van der Waals surface area contributed by atoms with E-state index in [4.69, 9.17) is 4.74 Å². The molecule has 1 heterocycles. The van der Waals surface area contributed by atoms with E-state index < -0.39 is 18.0 Å². The second kappa shape index (κ2) is 10.9. The van der Waals surface area contributed by atoms with Crippen LogP contribution < -0.4 is 5.32 Å². The molecule has 186 valence electrons. The van der Waals surface area contributed by atoms with Gasteiger partial charge in [0.05, 0.1) is 5.92 Å². The van der Waals surface area contributed by atoms with Gasteiger partial charge in [-0.15, -0.1) is 0 Å². The Labute approximate surface area is 206 Å². The average molecular weight is 479 g/mol. The number of nitrogens with one attached hydrogen (secondary N) is 1. The predicted octanol–water partition coefficient (Wildman–Crippen LogP) is 4.80. The molecule has 3 atom stereocenters. The molecule has 7 heteroatoms. The number of nitrogens with zero attached hydrogens (tertiary/aromatic N) is 1. The number of amides is 2. The molecular formula is C28H34N2O5. The van der Waals surface area contributed by atoms with Crippen LogP contribution in [-0.2, 0) is 14.3 Å². The van der Waals surface area contributed by atoms with Crippen LogP contribution in [0, 0.1) is 5.92 Å². The summed E-state index contributed by atoms with van der Waals surface area (Å²) in [6.07, 6.45) is 2.29. The van der Waals surface area contributed by atoms with Gasteiger partial charge in [0.15, 0.2) is 0 Å². The zero-order chi connectivity index (χ0) is 24.9. The van der Waals surface area contributed by atoms with E-state index in [1.807, 2.05) is 31.2 Å². The van der Waals surface area contributed by atoms with Crippen molar-refractivity contribution in [1.29, 1.82) is 0 Å². The number of aliphatic carboxylic acids is 1. The first kappa shape index (κ1) is 24.8. The number of piperidine rings is 1. The van der Waals surface area contributed by atoms with Gasteiger partial charge in [-0.3, -0.25) is 9.59 Å². The Hall–Kier alpha value is -3.35. The highest BCUT2D eigenvalue weighted by molar-refractivity contribution is 5.81. The first-order valence-corrected chi connectivity index (χ1v) is 12.5. The Morgan fingerprint density at radius 2 is 1.71 bits per heavy atom. The zero-order valence-corrected chi connectivity index (χ0v) is 20.4. The third kappa shape index (κ3) is 5.34. The maximum atomic E-state index is 13.0. The van der Waals surface area contributed by atoms with Gasteiger partial charge < -0.3 is 20.1 Å². The van der Waals surface area contributed by atoms with E-state index >= 15 is 0 Å². The molecule has 1 aliphatic carbocycles. The number of fused-ring (bicyclic) bond motifs is 3. The van der Waals surface area contributed by atoms with E-state index in [9.17, 15) is 19.5 Å². The third-order valence-corrected chi connectivity index (χ3v) is 7.35. The number of ether oxygens (including phenoxy) is 1. The second-order valence-electron chi connectivity index (χ2n) is 9.57. The molecule has 1 fully saturated rings. The molecule has 2 aliphatic rings. The van der Waals surface area contributed by atoms with Crippen LogP contribution in [0.2, 0.25) is 0 Å². The number of carboxylic acid groups (broad SMARTS) is 1. The number of carbonyl (C=O) groups excluding carboxylic acids is 2.